The van der Waals surface area contributed by atoms with E-state index in [-0.39, 0.29) is 24.2 Å². The fourth-order valence-corrected chi connectivity index (χ4v) is 2.97. The molecule has 2 amide bonds. The Kier molecular flexibility index (Phi) is 4.83. The molecule has 1 aliphatic rings. The van der Waals surface area contributed by atoms with Crippen molar-refractivity contribution in [3.63, 3.8) is 0 Å². The second-order valence-corrected chi connectivity index (χ2v) is 6.39. The van der Waals surface area contributed by atoms with Gasteiger partial charge >= 0.3 is 0 Å². The topological polar surface area (TPSA) is 40.6 Å². The number of hydrogen-bond acceptors (Lipinski definition) is 2. The van der Waals surface area contributed by atoms with Gasteiger partial charge in [-0.3, -0.25) is 14.5 Å². The van der Waals surface area contributed by atoms with Gasteiger partial charge < -0.3 is 4.90 Å². The van der Waals surface area contributed by atoms with Gasteiger partial charge in [-0.1, -0.05) is 18.2 Å². The summed E-state index contributed by atoms with van der Waals surface area (Å²) in [5.74, 6) is -0.798. The quantitative estimate of drug-likeness (QED) is 0.852. The summed E-state index contributed by atoms with van der Waals surface area (Å²) in [5.41, 5.74) is 2.75. The number of hydrogen-bond donors (Lipinski definition) is 0. The van der Waals surface area contributed by atoms with Gasteiger partial charge in [0.25, 0.3) is 5.91 Å². The summed E-state index contributed by atoms with van der Waals surface area (Å²) in [4.78, 5) is 28.0. The molecule has 130 valence electrons. The van der Waals surface area contributed by atoms with Crippen molar-refractivity contribution in [3.05, 3.63) is 65.0 Å². The van der Waals surface area contributed by atoms with E-state index in [1.165, 1.54) is 11.0 Å². The summed E-state index contributed by atoms with van der Waals surface area (Å²) in [6.07, 6.45) is 1.24. The summed E-state index contributed by atoms with van der Waals surface area (Å²) in [7, 11) is 0. The van der Waals surface area contributed by atoms with E-state index in [9.17, 15) is 14.0 Å². The highest BCUT2D eigenvalue weighted by atomic mass is 19.1. The molecule has 5 heteroatoms. The number of benzene rings is 2. The molecule has 0 radical (unpaired) electrons. The first-order valence-electron chi connectivity index (χ1n) is 8.39. The molecule has 3 rings (SSSR count). The lowest BCUT2D eigenvalue weighted by molar-refractivity contribution is -0.127. The molecule has 1 heterocycles. The Morgan fingerprint density at radius 1 is 1.16 bits per heavy atom. The fourth-order valence-electron chi connectivity index (χ4n) is 2.97. The highest BCUT2D eigenvalue weighted by Crippen LogP contribution is 2.24. The van der Waals surface area contributed by atoms with Crippen molar-refractivity contribution in [1.82, 2.24) is 4.90 Å². The number of aryl methyl sites for hydroxylation is 2. The third kappa shape index (κ3) is 3.55. The minimum Gasteiger partial charge on any atom is -0.324 e. The van der Waals surface area contributed by atoms with Crippen LogP contribution in [-0.2, 0) is 4.79 Å². The van der Waals surface area contributed by atoms with Crippen molar-refractivity contribution in [3.8, 4) is 0 Å². The van der Waals surface area contributed by atoms with Crippen molar-refractivity contribution >= 4 is 17.5 Å². The molecule has 1 aliphatic heterocycles. The molecule has 25 heavy (non-hydrogen) atoms. The first-order valence-corrected chi connectivity index (χ1v) is 8.39. The molecule has 1 fully saturated rings. The number of anilines is 1. The molecule has 0 bridgehead atoms. The number of halogens is 1. The maximum Gasteiger partial charge on any atom is 0.259 e. The van der Waals surface area contributed by atoms with E-state index in [0.29, 0.717) is 18.5 Å². The standard InChI is InChI=1S/C20H21FN2O2/c1-14-9-10-16(12-15(14)2)20(25)23(13-22-11-5-8-19(22)24)18-7-4-3-6-17(18)21/h3-4,6-7,9-10,12H,5,8,11,13H2,1-2H3. The second-order valence-electron chi connectivity index (χ2n) is 6.39. The smallest absolute Gasteiger partial charge is 0.259 e. The average molecular weight is 340 g/mol. The Morgan fingerprint density at radius 3 is 2.56 bits per heavy atom. The van der Waals surface area contributed by atoms with Crippen molar-refractivity contribution in [1.29, 1.82) is 0 Å². The van der Waals surface area contributed by atoms with E-state index in [1.807, 2.05) is 19.9 Å². The van der Waals surface area contributed by atoms with Gasteiger partial charge in [-0.05, 0) is 55.7 Å². The summed E-state index contributed by atoms with van der Waals surface area (Å²) in [6.45, 7) is 4.56. The maximum absolute atomic E-state index is 14.3. The molecule has 2 aromatic carbocycles. The lowest BCUT2D eigenvalue weighted by atomic mass is 10.1. The van der Waals surface area contributed by atoms with Crippen molar-refractivity contribution < 1.29 is 14.0 Å². The van der Waals surface area contributed by atoms with Gasteiger partial charge in [-0.15, -0.1) is 0 Å². The monoisotopic (exact) mass is 340 g/mol. The Hall–Kier alpha value is -2.69. The number of carbonyl (C=O) groups is 2. The van der Waals surface area contributed by atoms with Crippen LogP contribution >= 0.6 is 0 Å². The zero-order chi connectivity index (χ0) is 18.0. The van der Waals surface area contributed by atoms with Gasteiger partial charge in [0.1, 0.15) is 12.5 Å². The van der Waals surface area contributed by atoms with Crippen LogP contribution in [0, 0.1) is 19.7 Å². The molecule has 0 atom stereocenters. The summed E-state index contributed by atoms with van der Waals surface area (Å²) in [6, 6.07) is 11.6. The molecule has 0 N–H and O–H groups in total. The average Bonchev–Trinajstić information content (AvgIpc) is 3.00. The minimum atomic E-state index is -0.480. The summed E-state index contributed by atoms with van der Waals surface area (Å²) < 4.78 is 14.3. The highest BCUT2D eigenvalue weighted by Gasteiger charge is 2.27. The van der Waals surface area contributed by atoms with Gasteiger partial charge in [-0.2, -0.15) is 0 Å². The molecule has 0 aromatic heterocycles. The van der Waals surface area contributed by atoms with Gasteiger partial charge in [0.05, 0.1) is 5.69 Å². The normalized spacial score (nSPS) is 14.0. The van der Waals surface area contributed by atoms with E-state index < -0.39 is 5.82 Å². The number of amides is 2. The van der Waals surface area contributed by atoms with Crippen LogP contribution < -0.4 is 4.90 Å². The Bertz CT molecular complexity index is 819. The number of para-hydroxylation sites is 1. The van der Waals surface area contributed by atoms with Gasteiger partial charge in [0.15, 0.2) is 0 Å². The van der Waals surface area contributed by atoms with Crippen molar-refractivity contribution in [2.24, 2.45) is 0 Å². The molecule has 4 nitrogen and oxygen atoms in total. The van der Waals surface area contributed by atoms with Crippen LogP contribution in [0.1, 0.15) is 34.3 Å². The molecule has 0 unspecified atom stereocenters. The molecule has 2 aromatic rings. The van der Waals surface area contributed by atoms with E-state index in [0.717, 1.165) is 17.5 Å². The van der Waals surface area contributed by atoms with E-state index >= 15 is 0 Å². The first kappa shape index (κ1) is 17.1. The van der Waals surface area contributed by atoms with Crippen molar-refractivity contribution in [2.75, 3.05) is 18.1 Å². The zero-order valence-electron chi connectivity index (χ0n) is 14.5. The van der Waals surface area contributed by atoms with Crippen LogP contribution in [0.3, 0.4) is 0 Å². The number of likely N-dealkylation sites (tertiary alicyclic amines) is 1. The molecule has 1 saturated heterocycles. The van der Waals surface area contributed by atoms with Crippen LogP contribution in [0.5, 0.6) is 0 Å². The molecule has 0 spiro atoms. The number of rotatable bonds is 4. The SMILES string of the molecule is Cc1ccc(C(=O)N(CN2CCCC2=O)c2ccccc2F)cc1C. The number of nitrogens with zero attached hydrogens (tertiary/aromatic N) is 2. The Morgan fingerprint density at radius 2 is 1.92 bits per heavy atom. The highest BCUT2D eigenvalue weighted by molar-refractivity contribution is 6.06. The second kappa shape index (κ2) is 7.05. The van der Waals surface area contributed by atoms with E-state index in [2.05, 4.69) is 0 Å². The predicted molar refractivity (Wildman–Crippen MR) is 94.9 cm³/mol. The first-order chi connectivity index (χ1) is 12.0. The lowest BCUT2D eigenvalue weighted by Gasteiger charge is -2.28. The van der Waals surface area contributed by atoms with Crippen LogP contribution in [0.2, 0.25) is 0 Å². The molecule has 0 aliphatic carbocycles. The zero-order valence-corrected chi connectivity index (χ0v) is 14.5. The Balaban J connectivity index is 1.97. The van der Waals surface area contributed by atoms with Gasteiger partial charge in [0.2, 0.25) is 5.91 Å². The predicted octanol–water partition coefficient (Wildman–Crippen LogP) is 3.67. The largest absolute Gasteiger partial charge is 0.324 e. The Labute approximate surface area is 146 Å². The van der Waals surface area contributed by atoms with E-state index in [4.69, 9.17) is 0 Å². The van der Waals surface area contributed by atoms with E-state index in [1.54, 1.807) is 35.2 Å². The third-order valence-electron chi connectivity index (χ3n) is 4.63. The summed E-state index contributed by atoms with van der Waals surface area (Å²) >= 11 is 0. The maximum atomic E-state index is 14.3. The number of carbonyl (C=O) groups excluding carboxylic acids is 2. The van der Waals surface area contributed by atoms with Crippen LogP contribution in [0.15, 0.2) is 42.5 Å². The van der Waals surface area contributed by atoms with Crippen LogP contribution in [0.25, 0.3) is 0 Å². The van der Waals surface area contributed by atoms with Crippen LogP contribution in [0.4, 0.5) is 10.1 Å². The molecular formula is C20H21FN2O2. The van der Waals surface area contributed by atoms with Gasteiger partial charge in [0, 0.05) is 18.5 Å². The lowest BCUT2D eigenvalue weighted by Crippen LogP contribution is -2.42. The van der Waals surface area contributed by atoms with Crippen molar-refractivity contribution in [2.45, 2.75) is 26.7 Å². The summed E-state index contributed by atoms with van der Waals surface area (Å²) in [5, 5.41) is 0. The molecular weight excluding hydrogens is 319 g/mol. The third-order valence-corrected chi connectivity index (χ3v) is 4.63. The van der Waals surface area contributed by atoms with Crippen LogP contribution in [-0.4, -0.2) is 29.9 Å². The fraction of sp³-hybridized carbons (Fsp3) is 0.300. The van der Waals surface area contributed by atoms with Gasteiger partial charge in [-0.25, -0.2) is 4.39 Å². The molecule has 0 saturated carbocycles. The minimum absolute atomic E-state index is 0.00535.